The van der Waals surface area contributed by atoms with Crippen LogP contribution >= 0.6 is 11.3 Å². The fourth-order valence-corrected chi connectivity index (χ4v) is 4.79. The molecule has 6 heteroatoms. The Morgan fingerprint density at radius 3 is 2.70 bits per heavy atom. The summed E-state index contributed by atoms with van der Waals surface area (Å²) in [4.78, 5) is 21.6. The minimum absolute atomic E-state index is 0.00331. The Morgan fingerprint density at radius 1 is 1.22 bits per heavy atom. The van der Waals surface area contributed by atoms with Crippen molar-refractivity contribution in [2.75, 3.05) is 38.0 Å². The molecule has 2 aliphatic rings. The van der Waals surface area contributed by atoms with E-state index < -0.39 is 0 Å². The molecule has 2 fully saturated rings. The summed E-state index contributed by atoms with van der Waals surface area (Å²) < 4.78 is 1.11. The number of piperidine rings is 1. The predicted molar refractivity (Wildman–Crippen MR) is 112 cm³/mol. The van der Waals surface area contributed by atoms with Crippen LogP contribution in [0.25, 0.3) is 10.2 Å². The zero-order valence-corrected chi connectivity index (χ0v) is 17.0. The molecule has 0 spiro atoms. The Balaban J connectivity index is 1.21. The summed E-state index contributed by atoms with van der Waals surface area (Å²) in [5, 5.41) is 3.69. The van der Waals surface area contributed by atoms with E-state index in [1.807, 2.05) is 29.2 Å². The number of aromatic nitrogens is 1. The van der Waals surface area contributed by atoms with Crippen LogP contribution in [0.1, 0.15) is 39.0 Å². The monoisotopic (exact) mass is 386 g/mol. The van der Waals surface area contributed by atoms with Crippen molar-refractivity contribution >= 4 is 32.7 Å². The van der Waals surface area contributed by atoms with Crippen LogP contribution in [0.3, 0.4) is 0 Å². The van der Waals surface area contributed by atoms with E-state index in [9.17, 15) is 4.79 Å². The second kappa shape index (κ2) is 8.57. The number of carbonyl (C=O) groups excluding carboxylic acids is 1. The lowest BCUT2D eigenvalue weighted by molar-refractivity contribution is 0.170. The number of likely N-dealkylation sites (tertiary alicyclic amines) is 1. The second-order valence-electron chi connectivity index (χ2n) is 7.97. The highest BCUT2D eigenvalue weighted by atomic mass is 32.1. The number of benzene rings is 1. The molecule has 27 heavy (non-hydrogen) atoms. The van der Waals surface area contributed by atoms with E-state index >= 15 is 0 Å². The van der Waals surface area contributed by atoms with Crippen LogP contribution < -0.4 is 5.32 Å². The van der Waals surface area contributed by atoms with Gasteiger partial charge in [-0.15, -0.1) is 0 Å². The van der Waals surface area contributed by atoms with Crippen molar-refractivity contribution in [2.45, 2.75) is 39.0 Å². The number of para-hydroxylation sites is 1. The average Bonchev–Trinajstić information content (AvgIpc) is 3.42. The van der Waals surface area contributed by atoms with Crippen molar-refractivity contribution < 1.29 is 4.79 Å². The van der Waals surface area contributed by atoms with Crippen LogP contribution in [0, 0.1) is 11.8 Å². The van der Waals surface area contributed by atoms with Gasteiger partial charge in [-0.2, -0.15) is 0 Å². The lowest BCUT2D eigenvalue weighted by atomic mass is 9.93. The maximum absolute atomic E-state index is 12.6. The quantitative estimate of drug-likeness (QED) is 0.753. The van der Waals surface area contributed by atoms with Gasteiger partial charge in [0.15, 0.2) is 5.13 Å². The molecule has 4 rings (SSSR count). The maximum Gasteiger partial charge on any atom is 0.323 e. The van der Waals surface area contributed by atoms with Gasteiger partial charge in [-0.3, -0.25) is 5.32 Å². The van der Waals surface area contributed by atoms with Crippen molar-refractivity contribution in [3.63, 3.8) is 0 Å². The van der Waals surface area contributed by atoms with Crippen LogP contribution in [-0.2, 0) is 0 Å². The van der Waals surface area contributed by atoms with Gasteiger partial charge in [-0.05, 0) is 69.2 Å². The molecular formula is C21H30N4OS. The zero-order valence-electron chi connectivity index (χ0n) is 16.2. The van der Waals surface area contributed by atoms with Gasteiger partial charge >= 0.3 is 6.03 Å². The highest BCUT2D eigenvalue weighted by molar-refractivity contribution is 7.22. The molecule has 1 aromatic heterocycles. The first kappa shape index (κ1) is 18.7. The van der Waals surface area contributed by atoms with Gasteiger partial charge in [0.2, 0.25) is 0 Å². The van der Waals surface area contributed by atoms with Gasteiger partial charge in [-0.25, -0.2) is 9.78 Å². The lowest BCUT2D eigenvalue weighted by Gasteiger charge is -2.33. The Bertz CT molecular complexity index is 731. The molecule has 146 valence electrons. The third-order valence-corrected chi connectivity index (χ3v) is 6.88. The number of nitrogens with zero attached hydrogens (tertiary/aromatic N) is 3. The number of nitrogens with one attached hydrogen (secondary N) is 1. The van der Waals surface area contributed by atoms with E-state index in [1.165, 1.54) is 50.2 Å². The molecule has 1 aliphatic heterocycles. The van der Waals surface area contributed by atoms with Crippen molar-refractivity contribution in [1.82, 2.24) is 14.8 Å². The molecule has 1 aromatic carbocycles. The normalized spacial score (nSPS) is 18.4. The molecule has 1 saturated heterocycles. The molecule has 1 aliphatic carbocycles. The number of urea groups is 1. The topological polar surface area (TPSA) is 48.5 Å². The maximum atomic E-state index is 12.6. The third kappa shape index (κ3) is 4.99. The Kier molecular flexibility index (Phi) is 5.93. The minimum atomic E-state index is -0.00331. The molecular weight excluding hydrogens is 356 g/mol. The van der Waals surface area contributed by atoms with E-state index in [1.54, 1.807) is 0 Å². The van der Waals surface area contributed by atoms with Crippen molar-refractivity contribution in [2.24, 2.45) is 11.8 Å². The first-order valence-electron chi connectivity index (χ1n) is 10.3. The largest absolute Gasteiger partial charge is 0.324 e. The smallest absolute Gasteiger partial charge is 0.323 e. The van der Waals surface area contributed by atoms with Gasteiger partial charge in [0.1, 0.15) is 0 Å². The second-order valence-corrected chi connectivity index (χ2v) is 9.00. The molecule has 0 radical (unpaired) electrons. The Labute approximate surface area is 165 Å². The van der Waals surface area contributed by atoms with Crippen LogP contribution in [0.15, 0.2) is 24.3 Å². The summed E-state index contributed by atoms with van der Waals surface area (Å²) >= 11 is 1.54. The predicted octanol–water partition coefficient (Wildman–Crippen LogP) is 4.66. The molecule has 0 unspecified atom stereocenters. The van der Waals surface area contributed by atoms with Gasteiger partial charge in [0, 0.05) is 19.6 Å². The highest BCUT2D eigenvalue weighted by Gasteiger charge is 2.26. The summed E-state index contributed by atoms with van der Waals surface area (Å²) in [6.45, 7) is 7.67. The van der Waals surface area contributed by atoms with Crippen molar-refractivity contribution in [3.8, 4) is 0 Å². The minimum Gasteiger partial charge on any atom is -0.324 e. The molecule has 2 heterocycles. The van der Waals surface area contributed by atoms with E-state index in [2.05, 4.69) is 22.1 Å². The number of amides is 2. The standard InChI is InChI=1S/C21H30N4OS/c1-2-24(15-17-7-8-17)12-9-16-10-13-25(14-11-16)21(26)23-20-22-18-5-3-4-6-19(18)27-20/h3-6,16-17H,2,7-15H2,1H3,(H,22,23,26). The van der Waals surface area contributed by atoms with Gasteiger partial charge < -0.3 is 9.80 Å². The Morgan fingerprint density at radius 2 is 2.00 bits per heavy atom. The van der Waals surface area contributed by atoms with Crippen LogP contribution in [0.5, 0.6) is 0 Å². The van der Waals surface area contributed by atoms with Crippen LogP contribution in [0.4, 0.5) is 9.93 Å². The van der Waals surface area contributed by atoms with Crippen molar-refractivity contribution in [3.05, 3.63) is 24.3 Å². The van der Waals surface area contributed by atoms with Crippen molar-refractivity contribution in [1.29, 1.82) is 0 Å². The summed E-state index contributed by atoms with van der Waals surface area (Å²) in [5.41, 5.74) is 0.947. The molecule has 0 bridgehead atoms. The number of anilines is 1. The summed E-state index contributed by atoms with van der Waals surface area (Å²) in [7, 11) is 0. The summed E-state index contributed by atoms with van der Waals surface area (Å²) in [6.07, 6.45) is 6.37. The van der Waals surface area contributed by atoms with E-state index in [4.69, 9.17) is 0 Å². The highest BCUT2D eigenvalue weighted by Crippen LogP contribution is 2.30. The number of rotatable bonds is 7. The van der Waals surface area contributed by atoms with Crippen LogP contribution in [0.2, 0.25) is 0 Å². The van der Waals surface area contributed by atoms with E-state index in [0.717, 1.165) is 48.0 Å². The molecule has 1 N–H and O–H groups in total. The molecule has 5 nitrogen and oxygen atoms in total. The number of hydrogen-bond donors (Lipinski definition) is 1. The molecule has 0 atom stereocenters. The average molecular weight is 387 g/mol. The number of hydrogen-bond acceptors (Lipinski definition) is 4. The van der Waals surface area contributed by atoms with Gasteiger partial charge in [-0.1, -0.05) is 30.4 Å². The van der Waals surface area contributed by atoms with E-state index in [-0.39, 0.29) is 6.03 Å². The first-order chi connectivity index (χ1) is 13.2. The zero-order chi connectivity index (χ0) is 18.6. The molecule has 1 saturated carbocycles. The number of fused-ring (bicyclic) bond motifs is 1. The SMILES string of the molecule is CCN(CCC1CCN(C(=O)Nc2nc3ccccc3s2)CC1)CC1CC1. The summed E-state index contributed by atoms with van der Waals surface area (Å²) in [6, 6.07) is 7.99. The Hall–Kier alpha value is -1.66. The first-order valence-corrected chi connectivity index (χ1v) is 11.2. The lowest BCUT2D eigenvalue weighted by Crippen LogP contribution is -2.41. The van der Waals surface area contributed by atoms with Gasteiger partial charge in [0.25, 0.3) is 0 Å². The fourth-order valence-electron chi connectivity index (χ4n) is 3.93. The van der Waals surface area contributed by atoms with E-state index in [0.29, 0.717) is 5.13 Å². The van der Waals surface area contributed by atoms with Gasteiger partial charge in [0.05, 0.1) is 10.2 Å². The molecule has 2 amide bonds. The number of thiazole rings is 1. The van der Waals surface area contributed by atoms with Crippen LogP contribution in [-0.4, -0.2) is 53.5 Å². The summed E-state index contributed by atoms with van der Waals surface area (Å²) in [5.74, 6) is 1.72. The fraction of sp³-hybridized carbons (Fsp3) is 0.619. The third-order valence-electron chi connectivity index (χ3n) is 5.92. The molecule has 2 aromatic rings. The number of carbonyl (C=O) groups is 1.